The number of halogens is 1. The van der Waals surface area contributed by atoms with E-state index in [1.54, 1.807) is 7.11 Å². The van der Waals surface area contributed by atoms with Crippen molar-refractivity contribution in [2.45, 2.75) is 70.3 Å². The van der Waals surface area contributed by atoms with Crippen LogP contribution in [0.2, 0.25) is 5.02 Å². The summed E-state index contributed by atoms with van der Waals surface area (Å²) in [7, 11) is 1.64. The average molecular weight is 452 g/mol. The van der Waals surface area contributed by atoms with E-state index < -0.39 is 0 Å². The lowest BCUT2D eigenvalue weighted by Gasteiger charge is -2.57. The molecule has 4 aliphatic carbocycles. The summed E-state index contributed by atoms with van der Waals surface area (Å²) in [6, 6.07) is 12.8. The Hall–Kier alpha value is -2.00. The minimum atomic E-state index is 0.0772. The summed E-state index contributed by atoms with van der Waals surface area (Å²) in [4.78, 5) is 4.71. The maximum absolute atomic E-state index is 6.50. The summed E-state index contributed by atoms with van der Waals surface area (Å²) in [5.74, 6) is 4.12. The highest BCUT2D eigenvalue weighted by atomic mass is 35.5. The molecule has 0 aromatic heterocycles. The monoisotopic (exact) mass is 451 g/mol. The van der Waals surface area contributed by atoms with E-state index in [2.05, 4.69) is 31.2 Å². The predicted octanol–water partition coefficient (Wildman–Crippen LogP) is 7.74. The van der Waals surface area contributed by atoms with E-state index in [0.29, 0.717) is 21.9 Å². The number of aliphatic imine (C=N–C) groups is 1. The van der Waals surface area contributed by atoms with Crippen LogP contribution in [0.4, 0.5) is 5.69 Å². The summed E-state index contributed by atoms with van der Waals surface area (Å²) in [5.41, 5.74) is 3.83. The molecule has 4 heteroatoms. The van der Waals surface area contributed by atoms with Gasteiger partial charge in [0.2, 0.25) is 0 Å². The molecule has 4 saturated carbocycles. The Balaban J connectivity index is 1.33. The summed E-state index contributed by atoms with van der Waals surface area (Å²) in [5, 5.41) is 0.545. The molecule has 0 heterocycles. The number of benzene rings is 2. The molecule has 2 aromatic rings. The van der Waals surface area contributed by atoms with Crippen molar-refractivity contribution in [2.24, 2.45) is 22.7 Å². The zero-order valence-electron chi connectivity index (χ0n) is 19.4. The van der Waals surface area contributed by atoms with E-state index in [9.17, 15) is 0 Å². The van der Waals surface area contributed by atoms with Gasteiger partial charge in [-0.3, -0.25) is 4.99 Å². The fraction of sp³-hybridized carbons (Fsp3) is 0.536. The van der Waals surface area contributed by atoms with Crippen molar-refractivity contribution in [3.05, 3.63) is 52.5 Å². The number of nitrogens with zero attached hydrogens (tertiary/aromatic N) is 1. The number of hydrogen-bond donors (Lipinski definition) is 0. The Kier molecular flexibility index (Phi) is 5.96. The summed E-state index contributed by atoms with van der Waals surface area (Å²) < 4.78 is 11.5. The van der Waals surface area contributed by atoms with E-state index in [-0.39, 0.29) is 6.10 Å². The number of hydrogen-bond acceptors (Lipinski definition) is 3. The maximum Gasteiger partial charge on any atom is 0.180 e. The molecule has 32 heavy (non-hydrogen) atoms. The van der Waals surface area contributed by atoms with Crippen LogP contribution in [-0.2, 0) is 5.41 Å². The van der Waals surface area contributed by atoms with Crippen LogP contribution >= 0.6 is 11.6 Å². The van der Waals surface area contributed by atoms with E-state index in [4.69, 9.17) is 26.1 Å². The Morgan fingerprint density at radius 1 is 1.06 bits per heavy atom. The standard InChI is InChI=1S/C28H34ClNO2/c1-4-18(2)32-27-25(29)12-22(13-26(27)31-3)17-30-24-7-5-23(6-8-24)28-14-19-9-20(15-28)11-21(10-19)16-28/h5-8,12-13,17-21H,4,9-11,14-16H2,1-3H3/t18-,19?,20?,21?,28?/m1/s1. The molecule has 0 saturated heterocycles. The first-order valence-corrected chi connectivity index (χ1v) is 12.5. The first kappa shape index (κ1) is 21.8. The first-order valence-electron chi connectivity index (χ1n) is 12.2. The molecule has 0 aliphatic heterocycles. The minimum absolute atomic E-state index is 0.0772. The largest absolute Gasteiger partial charge is 0.493 e. The fourth-order valence-electron chi connectivity index (χ4n) is 6.73. The molecular formula is C28H34ClNO2. The van der Waals surface area contributed by atoms with Crippen molar-refractivity contribution in [2.75, 3.05) is 7.11 Å². The second-order valence-corrected chi connectivity index (χ2v) is 10.8. The van der Waals surface area contributed by atoms with Gasteiger partial charge in [-0.25, -0.2) is 0 Å². The lowest BCUT2D eigenvalue weighted by Crippen LogP contribution is -2.48. The molecular weight excluding hydrogens is 418 g/mol. The number of ether oxygens (including phenoxy) is 2. The average Bonchev–Trinajstić information content (AvgIpc) is 2.78. The molecule has 4 aliphatic rings. The molecule has 0 N–H and O–H groups in total. The summed E-state index contributed by atoms with van der Waals surface area (Å²) in [6.45, 7) is 4.11. The van der Waals surface area contributed by atoms with Crippen LogP contribution < -0.4 is 9.47 Å². The molecule has 0 spiro atoms. The third-order valence-corrected chi connectivity index (χ3v) is 8.31. The number of rotatable bonds is 7. The van der Waals surface area contributed by atoms with Crippen molar-refractivity contribution in [1.82, 2.24) is 0 Å². The fourth-order valence-corrected chi connectivity index (χ4v) is 6.99. The first-order chi connectivity index (χ1) is 15.5. The van der Waals surface area contributed by atoms with E-state index >= 15 is 0 Å². The van der Waals surface area contributed by atoms with Crippen molar-refractivity contribution < 1.29 is 9.47 Å². The Labute approximate surface area is 197 Å². The smallest absolute Gasteiger partial charge is 0.180 e. The second kappa shape index (κ2) is 8.74. The molecule has 0 radical (unpaired) electrons. The lowest BCUT2D eigenvalue weighted by atomic mass is 9.48. The van der Waals surface area contributed by atoms with Gasteiger partial charge in [0.25, 0.3) is 0 Å². The van der Waals surface area contributed by atoms with Crippen molar-refractivity contribution in [1.29, 1.82) is 0 Å². The van der Waals surface area contributed by atoms with Gasteiger partial charge in [-0.1, -0.05) is 30.7 Å². The molecule has 0 amide bonds. The van der Waals surface area contributed by atoms with Gasteiger partial charge < -0.3 is 9.47 Å². The molecule has 4 bridgehead atoms. The molecule has 6 rings (SSSR count). The maximum atomic E-state index is 6.50. The third kappa shape index (κ3) is 4.17. The highest BCUT2D eigenvalue weighted by molar-refractivity contribution is 6.32. The van der Waals surface area contributed by atoms with Crippen LogP contribution in [0.25, 0.3) is 0 Å². The summed E-state index contributed by atoms with van der Waals surface area (Å²) in [6.07, 6.45) is 11.5. The second-order valence-electron chi connectivity index (χ2n) is 10.4. The van der Waals surface area contributed by atoms with Crippen LogP contribution in [0, 0.1) is 17.8 Å². The van der Waals surface area contributed by atoms with Crippen molar-refractivity contribution in [3.63, 3.8) is 0 Å². The quantitative estimate of drug-likeness (QED) is 0.403. The van der Waals surface area contributed by atoms with Crippen LogP contribution in [0.1, 0.15) is 69.9 Å². The molecule has 1 atom stereocenters. The lowest BCUT2D eigenvalue weighted by molar-refractivity contribution is -0.00518. The minimum Gasteiger partial charge on any atom is -0.493 e. The Bertz CT molecular complexity index is 962. The van der Waals surface area contributed by atoms with E-state index in [1.807, 2.05) is 25.3 Å². The normalized spacial score (nSPS) is 29.4. The van der Waals surface area contributed by atoms with Crippen molar-refractivity contribution >= 4 is 23.5 Å². The third-order valence-electron chi connectivity index (χ3n) is 8.03. The van der Waals surface area contributed by atoms with E-state index in [0.717, 1.165) is 35.4 Å². The predicted molar refractivity (Wildman–Crippen MR) is 132 cm³/mol. The van der Waals surface area contributed by atoms with Gasteiger partial charge in [-0.2, -0.15) is 0 Å². The van der Waals surface area contributed by atoms with Gasteiger partial charge >= 0.3 is 0 Å². The number of methoxy groups -OCH3 is 1. The van der Waals surface area contributed by atoms with Gasteiger partial charge in [0.05, 0.1) is 23.9 Å². The summed E-state index contributed by atoms with van der Waals surface area (Å²) >= 11 is 6.50. The van der Waals surface area contributed by atoms with Crippen molar-refractivity contribution in [3.8, 4) is 11.5 Å². The molecule has 2 aromatic carbocycles. The van der Waals surface area contributed by atoms with Gasteiger partial charge in [0.15, 0.2) is 11.5 Å². The van der Waals surface area contributed by atoms with Gasteiger partial charge in [-0.15, -0.1) is 0 Å². The topological polar surface area (TPSA) is 30.8 Å². The van der Waals surface area contributed by atoms with Crippen LogP contribution in [-0.4, -0.2) is 19.4 Å². The highest BCUT2D eigenvalue weighted by Crippen LogP contribution is 2.60. The highest BCUT2D eigenvalue weighted by Gasteiger charge is 2.51. The molecule has 170 valence electrons. The van der Waals surface area contributed by atoms with E-state index in [1.165, 1.54) is 44.1 Å². The van der Waals surface area contributed by atoms with Crippen LogP contribution in [0.15, 0.2) is 41.4 Å². The van der Waals surface area contributed by atoms with Gasteiger partial charge in [0, 0.05) is 6.21 Å². The zero-order valence-corrected chi connectivity index (χ0v) is 20.2. The van der Waals surface area contributed by atoms with Crippen LogP contribution in [0.3, 0.4) is 0 Å². The Morgan fingerprint density at radius 2 is 1.69 bits per heavy atom. The molecule has 0 unspecified atom stereocenters. The molecule has 4 fully saturated rings. The zero-order chi connectivity index (χ0) is 22.3. The van der Waals surface area contributed by atoms with Gasteiger partial charge in [0.1, 0.15) is 0 Å². The SMILES string of the molecule is CC[C@@H](C)Oc1c(Cl)cc(C=Nc2ccc(C34CC5CC(CC(C5)C3)C4)cc2)cc1OC. The molecule has 3 nitrogen and oxygen atoms in total. The van der Waals surface area contributed by atoms with Crippen LogP contribution in [0.5, 0.6) is 11.5 Å². The Morgan fingerprint density at radius 3 is 2.25 bits per heavy atom. The van der Waals surface area contributed by atoms with Gasteiger partial charge in [-0.05, 0) is 110 Å².